The van der Waals surface area contributed by atoms with Crippen LogP contribution in [0.1, 0.15) is 71.1 Å². The highest BCUT2D eigenvalue weighted by Crippen LogP contribution is 2.26. The first kappa shape index (κ1) is 50.1. The molecule has 0 bridgehead atoms. The van der Waals surface area contributed by atoms with E-state index in [-0.39, 0.29) is 43.0 Å². The highest BCUT2D eigenvalue weighted by Gasteiger charge is 2.28. The van der Waals surface area contributed by atoms with Crippen LogP contribution in [0, 0.1) is 11.8 Å². The van der Waals surface area contributed by atoms with E-state index in [4.69, 9.17) is 25.4 Å². The van der Waals surface area contributed by atoms with Gasteiger partial charge in [0.2, 0.25) is 5.91 Å². The Balaban J connectivity index is 0.000000183. The van der Waals surface area contributed by atoms with E-state index < -0.39 is 5.97 Å². The van der Waals surface area contributed by atoms with Gasteiger partial charge < -0.3 is 35.8 Å². The molecule has 2 aliphatic heterocycles. The van der Waals surface area contributed by atoms with Crippen molar-refractivity contribution < 1.29 is 34.4 Å². The molecule has 0 saturated carbocycles. The van der Waals surface area contributed by atoms with Gasteiger partial charge in [0.1, 0.15) is 24.7 Å². The van der Waals surface area contributed by atoms with E-state index in [1.54, 1.807) is 0 Å². The highest BCUT2D eigenvalue weighted by molar-refractivity contribution is 5.79. The number of rotatable bonds is 17. The predicted octanol–water partition coefficient (Wildman–Crippen LogP) is 8.26. The number of likely N-dealkylation sites (tertiary alicyclic amines) is 2. The van der Waals surface area contributed by atoms with E-state index in [2.05, 4.69) is 15.1 Å². The van der Waals surface area contributed by atoms with E-state index in [9.17, 15) is 14.7 Å². The summed E-state index contributed by atoms with van der Waals surface area (Å²) in [6, 6.07) is 54.7. The monoisotopic (exact) mass is 906 g/mol. The zero-order valence-electron chi connectivity index (χ0n) is 38.3. The summed E-state index contributed by atoms with van der Waals surface area (Å²) in [5.74, 6) is 1.07. The molecule has 67 heavy (non-hydrogen) atoms. The Labute approximate surface area is 395 Å². The first-order valence-corrected chi connectivity index (χ1v) is 23.4. The molecule has 1 amide bonds. The second kappa shape index (κ2) is 27.3. The molecular weight excluding hydrogens is 841 g/mol. The molecule has 0 spiro atoms. The van der Waals surface area contributed by atoms with Gasteiger partial charge in [-0.3, -0.25) is 19.4 Å². The van der Waals surface area contributed by atoms with Gasteiger partial charge >= 0.3 is 5.97 Å². The Kier molecular flexibility index (Phi) is 20.4. The molecule has 2 aliphatic rings. The van der Waals surface area contributed by atoms with Crippen LogP contribution in [0.4, 0.5) is 0 Å². The van der Waals surface area contributed by atoms with Gasteiger partial charge in [0, 0.05) is 19.0 Å². The molecule has 2 heterocycles. The highest BCUT2D eigenvalue weighted by atomic mass is 16.5. The number of ether oxygens (including phenoxy) is 2. The molecule has 0 aliphatic carbocycles. The van der Waals surface area contributed by atoms with Crippen LogP contribution in [0.15, 0.2) is 170 Å². The minimum Gasteiger partial charge on any atom is -0.492 e. The van der Waals surface area contributed by atoms with E-state index in [0.29, 0.717) is 13.2 Å². The topological polar surface area (TPSA) is 158 Å². The van der Waals surface area contributed by atoms with Crippen molar-refractivity contribution in [2.24, 2.45) is 17.6 Å². The van der Waals surface area contributed by atoms with Crippen LogP contribution in [-0.2, 0) is 22.8 Å². The number of hydrogen-bond acceptors (Lipinski definition) is 9. The number of aliphatic hydroxyl groups excluding tert-OH is 2. The Hall–Kier alpha value is -6.34. The summed E-state index contributed by atoms with van der Waals surface area (Å²) >= 11 is 0. The Bertz CT molecular complexity index is 2320. The molecule has 352 valence electrons. The maximum absolute atomic E-state index is 13.2. The maximum atomic E-state index is 13.2. The van der Waals surface area contributed by atoms with Crippen molar-refractivity contribution in [3.05, 3.63) is 203 Å². The third-order valence-corrected chi connectivity index (χ3v) is 12.3. The summed E-state index contributed by atoms with van der Waals surface area (Å²) in [4.78, 5) is 28.7. The minimum absolute atomic E-state index is 0.00327. The van der Waals surface area contributed by atoms with E-state index >= 15 is 0 Å². The number of carboxylic acid groups (broad SMARTS) is 1. The number of hydrogen-bond donors (Lipinski definition) is 5. The molecule has 0 radical (unpaired) electrons. The van der Waals surface area contributed by atoms with Crippen molar-refractivity contribution >= 4 is 11.9 Å². The van der Waals surface area contributed by atoms with Crippen molar-refractivity contribution in [3.63, 3.8) is 0 Å². The Morgan fingerprint density at radius 3 is 1.40 bits per heavy atom. The fourth-order valence-corrected chi connectivity index (χ4v) is 8.31. The van der Waals surface area contributed by atoms with Crippen LogP contribution in [0.3, 0.4) is 0 Å². The molecule has 6 aromatic rings. The van der Waals surface area contributed by atoms with Gasteiger partial charge in [-0.1, -0.05) is 146 Å². The average Bonchev–Trinajstić information content (AvgIpc) is 3.39. The lowest BCUT2D eigenvalue weighted by Crippen LogP contribution is -2.42. The van der Waals surface area contributed by atoms with Crippen LogP contribution in [0.2, 0.25) is 0 Å². The molecule has 6 aromatic carbocycles. The normalized spacial score (nSPS) is 15.4. The fraction of sp³-hybridized carbons (Fsp3) is 0.321. The van der Waals surface area contributed by atoms with Crippen molar-refractivity contribution in [2.45, 2.75) is 51.0 Å². The fourth-order valence-electron chi connectivity index (χ4n) is 8.31. The van der Waals surface area contributed by atoms with E-state index in [0.717, 1.165) is 110 Å². The number of carboxylic acids is 1. The Morgan fingerprint density at radius 2 is 0.940 bits per heavy atom. The van der Waals surface area contributed by atoms with Gasteiger partial charge in [-0.15, -0.1) is 0 Å². The third-order valence-electron chi connectivity index (χ3n) is 12.3. The number of benzene rings is 6. The maximum Gasteiger partial charge on any atom is 0.306 e. The molecule has 2 saturated heterocycles. The number of carbonyl (C=O) groups is 2. The van der Waals surface area contributed by atoms with Crippen LogP contribution >= 0.6 is 0 Å². The van der Waals surface area contributed by atoms with Crippen LogP contribution in [0.25, 0.3) is 0 Å². The largest absolute Gasteiger partial charge is 0.492 e. The predicted molar refractivity (Wildman–Crippen MR) is 263 cm³/mol. The summed E-state index contributed by atoms with van der Waals surface area (Å²) < 4.78 is 11.4. The average molecular weight is 907 g/mol. The number of piperidine rings is 2. The number of nitrogens with two attached hydrogens (primary N) is 1. The summed E-state index contributed by atoms with van der Waals surface area (Å²) in [6.45, 7) is 6.57. The van der Waals surface area contributed by atoms with Crippen molar-refractivity contribution in [3.8, 4) is 11.5 Å². The standard InChI is InChI=1S/C28H32N2O3.C14H19NO3.C14H15NO/c31-21-22-8-7-11-25(20-22)27(23-9-3-1-4-10-23)29-28(32)24-14-16-30(17-15-24)18-19-33-26-12-5-2-6-13-26;16-14(17)12-6-8-15(9-7-12)10-11-18-13-4-2-1-3-5-13;15-14(12-6-2-1-3-7-12)13-8-4-5-11(9-13)10-16/h1-13,20,24,27,31H,14-19,21H2,(H,29,32);1-5,12H,6-11H2,(H,16,17);1-9,14,16H,10,15H2. The summed E-state index contributed by atoms with van der Waals surface area (Å²) in [5, 5.41) is 30.8. The zero-order chi connectivity index (χ0) is 47.1. The van der Waals surface area contributed by atoms with Gasteiger partial charge in [0.15, 0.2) is 0 Å². The number of nitrogens with one attached hydrogen (secondary N) is 1. The lowest BCUT2D eigenvalue weighted by Gasteiger charge is -2.32. The molecule has 11 nitrogen and oxygen atoms in total. The molecule has 0 aromatic heterocycles. The third kappa shape index (κ3) is 16.5. The molecular formula is C56H66N4O7. The summed E-state index contributed by atoms with van der Waals surface area (Å²) in [7, 11) is 0. The number of para-hydroxylation sites is 2. The molecule has 11 heteroatoms. The quantitative estimate of drug-likeness (QED) is 0.0604. The molecule has 8 rings (SSSR count). The van der Waals surface area contributed by atoms with Crippen LogP contribution in [-0.4, -0.2) is 89.5 Å². The van der Waals surface area contributed by atoms with Gasteiger partial charge in [-0.25, -0.2) is 0 Å². The molecule has 2 atom stereocenters. The van der Waals surface area contributed by atoms with Crippen molar-refractivity contribution in [1.82, 2.24) is 15.1 Å². The first-order chi connectivity index (χ1) is 32.8. The Morgan fingerprint density at radius 1 is 0.537 bits per heavy atom. The summed E-state index contributed by atoms with van der Waals surface area (Å²) in [6.07, 6.45) is 3.19. The smallest absolute Gasteiger partial charge is 0.306 e. The SMILES string of the molecule is NC(c1ccccc1)c1cccc(CO)c1.O=C(NC(c1ccccc1)c1cccc(CO)c1)C1CCN(CCOc2ccccc2)CC1.O=C(O)C1CCN(CCOc2ccccc2)CC1. The number of amides is 1. The van der Waals surface area contributed by atoms with Gasteiger partial charge in [-0.2, -0.15) is 0 Å². The lowest BCUT2D eigenvalue weighted by atomic mass is 9.93. The molecule has 6 N–H and O–H groups in total. The summed E-state index contributed by atoms with van der Waals surface area (Å²) in [5.41, 5.74) is 12.0. The van der Waals surface area contributed by atoms with E-state index in [1.165, 1.54) is 0 Å². The molecule has 2 fully saturated rings. The first-order valence-electron chi connectivity index (χ1n) is 23.4. The van der Waals surface area contributed by atoms with Crippen molar-refractivity contribution in [1.29, 1.82) is 0 Å². The molecule has 2 unspecified atom stereocenters. The second-order valence-corrected chi connectivity index (χ2v) is 16.9. The number of aliphatic hydroxyl groups is 2. The van der Waals surface area contributed by atoms with Gasteiger partial charge in [-0.05, 0) is 110 Å². The minimum atomic E-state index is -0.657. The van der Waals surface area contributed by atoms with Gasteiger partial charge in [0.05, 0.1) is 31.2 Å². The van der Waals surface area contributed by atoms with Crippen LogP contribution in [0.5, 0.6) is 11.5 Å². The number of carbonyl (C=O) groups excluding carboxylic acids is 1. The van der Waals surface area contributed by atoms with Crippen LogP contribution < -0.4 is 20.5 Å². The zero-order valence-corrected chi connectivity index (χ0v) is 38.3. The second-order valence-electron chi connectivity index (χ2n) is 16.9. The van der Waals surface area contributed by atoms with E-state index in [1.807, 2.05) is 170 Å². The lowest BCUT2D eigenvalue weighted by molar-refractivity contribution is -0.143. The number of nitrogens with zero attached hydrogens (tertiary/aromatic N) is 2. The number of aliphatic carboxylic acids is 1. The van der Waals surface area contributed by atoms with Crippen molar-refractivity contribution in [2.75, 3.05) is 52.5 Å². The van der Waals surface area contributed by atoms with Gasteiger partial charge in [0.25, 0.3) is 0 Å².